The number of hydrogen-bond donors (Lipinski definition) is 1. The van der Waals surface area contributed by atoms with Gasteiger partial charge in [0.2, 0.25) is 0 Å². The van der Waals surface area contributed by atoms with Gasteiger partial charge in [-0.05, 0) is 55.8 Å². The van der Waals surface area contributed by atoms with E-state index in [0.717, 1.165) is 28.3 Å². The number of rotatable bonds is 3. The summed E-state index contributed by atoms with van der Waals surface area (Å²) < 4.78 is 10.9. The number of methoxy groups -OCH3 is 1. The summed E-state index contributed by atoms with van der Waals surface area (Å²) in [6, 6.07) is 13.4. The minimum Gasteiger partial charge on any atom is -0.497 e. The van der Waals surface area contributed by atoms with Crippen molar-refractivity contribution >= 4 is 5.82 Å². The molecule has 5 heteroatoms. The number of pyridine rings is 1. The average molecular weight is 319 g/mol. The summed E-state index contributed by atoms with van der Waals surface area (Å²) in [6.45, 7) is 3.78. The summed E-state index contributed by atoms with van der Waals surface area (Å²) in [5.74, 6) is 2.35. The van der Waals surface area contributed by atoms with E-state index in [-0.39, 0.29) is 5.82 Å². The van der Waals surface area contributed by atoms with Crippen LogP contribution in [-0.2, 0) is 0 Å². The van der Waals surface area contributed by atoms with Crippen molar-refractivity contribution in [3.63, 3.8) is 0 Å². The molecule has 0 amide bonds. The minimum absolute atomic E-state index is 0.193. The Labute approximate surface area is 140 Å². The second-order valence-electron chi connectivity index (χ2n) is 5.47. The van der Waals surface area contributed by atoms with Crippen LogP contribution < -0.4 is 10.5 Å². The number of aromatic nitrogens is 1. The lowest BCUT2D eigenvalue weighted by Crippen LogP contribution is -2.03. The molecular weight excluding hydrogens is 302 g/mol. The van der Waals surface area contributed by atoms with Gasteiger partial charge in [-0.3, -0.25) is 0 Å². The van der Waals surface area contributed by atoms with E-state index in [1.54, 1.807) is 7.11 Å². The van der Waals surface area contributed by atoms with Crippen molar-refractivity contribution in [1.29, 1.82) is 5.26 Å². The molecule has 24 heavy (non-hydrogen) atoms. The largest absolute Gasteiger partial charge is 0.497 e. The number of nitrogen functional groups attached to an aromatic ring is 1. The molecule has 0 unspecified atom stereocenters. The van der Waals surface area contributed by atoms with Crippen LogP contribution in [0.15, 0.2) is 40.8 Å². The Hall–Kier alpha value is -3.26. The van der Waals surface area contributed by atoms with Gasteiger partial charge in [-0.25, -0.2) is 4.98 Å². The Bertz CT molecular complexity index is 934. The van der Waals surface area contributed by atoms with E-state index in [1.807, 2.05) is 50.2 Å². The molecule has 0 fully saturated rings. The molecule has 0 aliphatic rings. The number of furan rings is 1. The van der Waals surface area contributed by atoms with Gasteiger partial charge in [0.25, 0.3) is 0 Å². The lowest BCUT2D eigenvalue weighted by atomic mass is 9.96. The fourth-order valence-corrected chi connectivity index (χ4v) is 2.71. The van der Waals surface area contributed by atoms with Crippen molar-refractivity contribution in [2.24, 2.45) is 0 Å². The van der Waals surface area contributed by atoms with Gasteiger partial charge >= 0.3 is 0 Å². The molecule has 5 nitrogen and oxygen atoms in total. The Morgan fingerprint density at radius 2 is 1.83 bits per heavy atom. The Morgan fingerprint density at radius 3 is 2.38 bits per heavy atom. The highest BCUT2D eigenvalue weighted by Gasteiger charge is 2.20. The zero-order valence-electron chi connectivity index (χ0n) is 13.8. The minimum atomic E-state index is 0.193. The number of nitriles is 1. The zero-order valence-corrected chi connectivity index (χ0v) is 13.8. The molecule has 3 aromatic rings. The van der Waals surface area contributed by atoms with Crippen LogP contribution in [0.3, 0.4) is 0 Å². The van der Waals surface area contributed by atoms with Crippen LogP contribution in [-0.4, -0.2) is 12.1 Å². The van der Waals surface area contributed by atoms with Crippen LogP contribution in [0.25, 0.3) is 22.6 Å². The maximum absolute atomic E-state index is 9.49. The Morgan fingerprint density at radius 1 is 1.12 bits per heavy atom. The normalized spacial score (nSPS) is 10.4. The molecule has 0 saturated carbocycles. The SMILES string of the molecule is COc1ccc(-c2nc(N)c(C#N)c(-c3ccc(C)o3)c2C)cc1. The molecule has 0 atom stereocenters. The lowest BCUT2D eigenvalue weighted by molar-refractivity contribution is 0.415. The van der Waals surface area contributed by atoms with Crippen LogP contribution in [0, 0.1) is 25.2 Å². The van der Waals surface area contributed by atoms with Gasteiger partial charge in [0, 0.05) is 11.1 Å². The van der Waals surface area contributed by atoms with Crippen LogP contribution >= 0.6 is 0 Å². The molecule has 3 rings (SSSR count). The fourth-order valence-electron chi connectivity index (χ4n) is 2.71. The molecule has 0 aliphatic carbocycles. The topological polar surface area (TPSA) is 85.1 Å². The first-order valence-electron chi connectivity index (χ1n) is 7.46. The number of ether oxygens (including phenoxy) is 1. The lowest BCUT2D eigenvalue weighted by Gasteiger charge is -2.13. The molecule has 2 heterocycles. The van der Waals surface area contributed by atoms with E-state index in [1.165, 1.54) is 0 Å². The summed E-state index contributed by atoms with van der Waals surface area (Å²) >= 11 is 0. The van der Waals surface area contributed by atoms with Crippen molar-refractivity contribution in [1.82, 2.24) is 4.98 Å². The molecule has 2 N–H and O–H groups in total. The molecule has 1 aromatic carbocycles. The molecule has 0 saturated heterocycles. The number of hydrogen-bond acceptors (Lipinski definition) is 5. The van der Waals surface area contributed by atoms with Gasteiger partial charge < -0.3 is 14.9 Å². The number of nitrogens with two attached hydrogens (primary N) is 1. The highest BCUT2D eigenvalue weighted by molar-refractivity contribution is 5.82. The summed E-state index contributed by atoms with van der Waals surface area (Å²) in [5.41, 5.74) is 9.52. The van der Waals surface area contributed by atoms with Gasteiger partial charge in [-0.15, -0.1) is 0 Å². The van der Waals surface area contributed by atoms with E-state index in [4.69, 9.17) is 14.9 Å². The molecule has 0 bridgehead atoms. The number of benzene rings is 1. The summed E-state index contributed by atoms with van der Waals surface area (Å²) in [4.78, 5) is 4.44. The van der Waals surface area contributed by atoms with Crippen molar-refractivity contribution in [3.8, 4) is 34.4 Å². The number of aryl methyl sites for hydroxylation is 1. The molecule has 120 valence electrons. The first-order valence-corrected chi connectivity index (χ1v) is 7.46. The van der Waals surface area contributed by atoms with Gasteiger partial charge in [-0.1, -0.05) is 0 Å². The highest BCUT2D eigenvalue weighted by atomic mass is 16.5. The third-order valence-corrected chi connectivity index (χ3v) is 3.93. The molecule has 0 spiro atoms. The van der Waals surface area contributed by atoms with E-state index < -0.39 is 0 Å². The van der Waals surface area contributed by atoms with Crippen LogP contribution in [0.1, 0.15) is 16.9 Å². The first-order chi connectivity index (χ1) is 11.5. The van der Waals surface area contributed by atoms with Gasteiger partial charge in [0.1, 0.15) is 34.7 Å². The molecule has 0 aliphatic heterocycles. The van der Waals surface area contributed by atoms with E-state index in [0.29, 0.717) is 16.9 Å². The van der Waals surface area contributed by atoms with Gasteiger partial charge in [0.15, 0.2) is 0 Å². The highest BCUT2D eigenvalue weighted by Crippen LogP contribution is 2.36. The van der Waals surface area contributed by atoms with Crippen molar-refractivity contribution in [2.75, 3.05) is 12.8 Å². The van der Waals surface area contributed by atoms with E-state index in [9.17, 15) is 5.26 Å². The standard InChI is InChI=1S/C19H17N3O2/c1-11-4-9-16(24-11)17-12(2)18(22-19(21)15(17)10-20)13-5-7-14(23-3)8-6-13/h4-9H,1-3H3,(H2,21,22). The Kier molecular flexibility index (Phi) is 3.97. The maximum Gasteiger partial charge on any atom is 0.142 e. The fraction of sp³-hybridized carbons (Fsp3) is 0.158. The summed E-state index contributed by atoms with van der Waals surface area (Å²) in [7, 11) is 1.62. The number of anilines is 1. The van der Waals surface area contributed by atoms with Crippen molar-refractivity contribution in [2.45, 2.75) is 13.8 Å². The van der Waals surface area contributed by atoms with E-state index in [2.05, 4.69) is 11.1 Å². The van der Waals surface area contributed by atoms with E-state index >= 15 is 0 Å². The first kappa shape index (κ1) is 15.6. The smallest absolute Gasteiger partial charge is 0.142 e. The quantitative estimate of drug-likeness (QED) is 0.786. The third kappa shape index (κ3) is 2.59. The summed E-state index contributed by atoms with van der Waals surface area (Å²) in [5, 5.41) is 9.49. The second kappa shape index (κ2) is 6.09. The monoisotopic (exact) mass is 319 g/mol. The van der Waals surface area contributed by atoms with Crippen LogP contribution in [0.2, 0.25) is 0 Å². The molecule has 0 radical (unpaired) electrons. The van der Waals surface area contributed by atoms with Gasteiger partial charge in [-0.2, -0.15) is 5.26 Å². The maximum atomic E-state index is 9.49. The molecular formula is C19H17N3O2. The number of nitrogens with zero attached hydrogens (tertiary/aromatic N) is 2. The van der Waals surface area contributed by atoms with Gasteiger partial charge in [0.05, 0.1) is 12.8 Å². The Balaban J connectivity index is 2.25. The average Bonchev–Trinajstić information content (AvgIpc) is 3.02. The molecule has 2 aromatic heterocycles. The van der Waals surface area contributed by atoms with Crippen molar-refractivity contribution in [3.05, 3.63) is 53.3 Å². The zero-order chi connectivity index (χ0) is 17.3. The summed E-state index contributed by atoms with van der Waals surface area (Å²) in [6.07, 6.45) is 0. The predicted octanol–water partition coefficient (Wildman–Crippen LogP) is 4.09. The van der Waals surface area contributed by atoms with Crippen molar-refractivity contribution < 1.29 is 9.15 Å². The predicted molar refractivity (Wildman–Crippen MR) is 92.5 cm³/mol. The third-order valence-electron chi connectivity index (χ3n) is 3.93. The second-order valence-corrected chi connectivity index (χ2v) is 5.47. The van der Waals surface area contributed by atoms with Crippen LogP contribution in [0.5, 0.6) is 5.75 Å². The van der Waals surface area contributed by atoms with Crippen LogP contribution in [0.4, 0.5) is 5.82 Å².